The molecule has 0 radical (unpaired) electrons. The fraction of sp³-hybridized carbons (Fsp3) is 0.340. The third-order valence-corrected chi connectivity index (χ3v) is 15.2. The lowest BCUT2D eigenvalue weighted by molar-refractivity contribution is -0.122. The number of anilines is 4. The molecule has 2 fully saturated rings. The molecule has 2 aliphatic rings. The highest BCUT2D eigenvalue weighted by Crippen LogP contribution is 2.30. The number of pyridine rings is 2. The maximum absolute atomic E-state index is 12.7. The van der Waals surface area contributed by atoms with Crippen molar-refractivity contribution in [3.63, 3.8) is 0 Å². The van der Waals surface area contributed by atoms with Gasteiger partial charge in [-0.2, -0.15) is 8.61 Å². The molecule has 2 amide bonds. The van der Waals surface area contributed by atoms with E-state index in [9.17, 15) is 26.4 Å². The van der Waals surface area contributed by atoms with Gasteiger partial charge in [-0.3, -0.25) is 25.0 Å². The minimum Gasteiger partial charge on any atom is -0.483 e. The molecule has 71 heavy (non-hydrogen) atoms. The molecule has 4 aromatic heterocycles. The lowest BCUT2D eigenvalue weighted by atomic mass is 10.1. The van der Waals surface area contributed by atoms with Crippen molar-refractivity contribution in [2.45, 2.75) is 13.1 Å². The number of rotatable bonds is 14. The summed E-state index contributed by atoms with van der Waals surface area (Å²) in [5, 5.41) is 17.5. The first-order valence-electron chi connectivity index (χ1n) is 22.2. The van der Waals surface area contributed by atoms with Gasteiger partial charge >= 0.3 is 0 Å². The van der Waals surface area contributed by atoms with E-state index in [1.54, 1.807) is 24.5 Å². The number of carboxylic acid groups (broad SMARTS) is 1. The van der Waals surface area contributed by atoms with E-state index in [0.717, 1.165) is 47.0 Å². The van der Waals surface area contributed by atoms with Crippen molar-refractivity contribution >= 4 is 82.6 Å². The Labute approximate surface area is 422 Å². The molecule has 24 heteroatoms. The molecule has 2 aromatic carbocycles. The molecule has 0 unspecified atom stereocenters. The number of benzene rings is 2. The number of nitrogens with one attached hydrogen (secondary N) is 2. The van der Waals surface area contributed by atoms with Crippen molar-refractivity contribution in [3.05, 3.63) is 118 Å². The Morgan fingerprint density at radius 2 is 0.958 bits per heavy atom. The van der Waals surface area contributed by atoms with Crippen LogP contribution in [-0.2, 0) is 37.9 Å². The third kappa shape index (κ3) is 15.4. The summed E-state index contributed by atoms with van der Waals surface area (Å²) in [7, 11) is 1.76. The van der Waals surface area contributed by atoms with Gasteiger partial charge < -0.3 is 24.7 Å². The minimum atomic E-state index is -3.17. The second kappa shape index (κ2) is 24.7. The Kier molecular flexibility index (Phi) is 18.8. The van der Waals surface area contributed by atoms with Crippen LogP contribution in [0.15, 0.2) is 96.0 Å². The highest BCUT2D eigenvalue weighted by atomic mass is 32.2. The molecule has 3 N–H and O–H groups in total. The van der Waals surface area contributed by atoms with Crippen LogP contribution in [0.2, 0.25) is 0 Å². The van der Waals surface area contributed by atoms with E-state index < -0.39 is 20.0 Å². The highest BCUT2D eigenvalue weighted by Gasteiger charge is 2.26. The van der Waals surface area contributed by atoms with E-state index in [1.807, 2.05) is 87.5 Å². The largest absolute Gasteiger partial charge is 0.483 e. The number of amides is 2. The summed E-state index contributed by atoms with van der Waals surface area (Å²) < 4.78 is 49.7. The van der Waals surface area contributed by atoms with Gasteiger partial charge in [-0.25, -0.2) is 36.8 Å². The molecule has 378 valence electrons. The first kappa shape index (κ1) is 54.1. The molecular formula is C47H58N12O8S4. The average molecular weight is 1050 g/mol. The van der Waals surface area contributed by atoms with E-state index in [4.69, 9.17) is 9.90 Å². The Morgan fingerprint density at radius 1 is 0.606 bits per heavy atom. The first-order chi connectivity index (χ1) is 33.8. The number of thiazole rings is 2. The quantitative estimate of drug-likeness (QED) is 0.123. The van der Waals surface area contributed by atoms with Gasteiger partial charge in [0.1, 0.15) is 11.4 Å². The standard InChI is InChI=1S/2C23H28N6O3S2.CH2O2/c2*1-27(2)15-17-6-4-5-7-19(17)21-16-33-23(25-21)26-22(30)20-9-8-18(14-24-20)28-10-12-29(13-11-28)34(3,31)32;2-1-3/h2*4-9,14,16H,10-13,15H2,1-3H3,(H,25,26,30);1H,(H,2,3). The monoisotopic (exact) mass is 1050 g/mol. The fourth-order valence-electron chi connectivity index (χ4n) is 7.70. The number of hydrogen-bond donors (Lipinski definition) is 3. The van der Waals surface area contributed by atoms with E-state index in [-0.39, 0.29) is 18.3 Å². The van der Waals surface area contributed by atoms with E-state index in [0.29, 0.717) is 74.0 Å². The van der Waals surface area contributed by atoms with Crippen LogP contribution in [0.1, 0.15) is 32.1 Å². The summed E-state index contributed by atoms with van der Waals surface area (Å²) in [6.45, 7) is 5.42. The van der Waals surface area contributed by atoms with E-state index in [1.165, 1.54) is 54.9 Å². The van der Waals surface area contributed by atoms with Gasteiger partial charge in [-0.05, 0) is 63.6 Å². The number of nitrogens with zero attached hydrogens (tertiary/aromatic N) is 10. The Hall–Kier alpha value is -6.25. The molecule has 20 nitrogen and oxygen atoms in total. The number of carbonyl (C=O) groups is 3. The smallest absolute Gasteiger partial charge is 0.290 e. The fourth-order valence-corrected chi connectivity index (χ4v) is 10.8. The van der Waals surface area contributed by atoms with Gasteiger partial charge in [0.05, 0.1) is 47.7 Å². The molecule has 8 rings (SSSR count). The van der Waals surface area contributed by atoms with Gasteiger partial charge in [0, 0.05) is 87.3 Å². The van der Waals surface area contributed by atoms with E-state index >= 15 is 0 Å². The second-order valence-corrected chi connectivity index (χ2v) is 22.7. The summed E-state index contributed by atoms with van der Waals surface area (Å²) >= 11 is 2.75. The summed E-state index contributed by atoms with van der Waals surface area (Å²) in [5.74, 6) is -0.646. The van der Waals surface area contributed by atoms with Crippen LogP contribution < -0.4 is 20.4 Å². The normalized spacial score (nSPS) is 14.5. The summed E-state index contributed by atoms with van der Waals surface area (Å²) in [4.78, 5) is 60.0. The predicted octanol–water partition coefficient (Wildman–Crippen LogP) is 4.90. The van der Waals surface area contributed by atoms with Gasteiger partial charge in [-0.15, -0.1) is 22.7 Å². The summed E-state index contributed by atoms with van der Waals surface area (Å²) in [5.41, 5.74) is 8.40. The average Bonchev–Trinajstić information content (AvgIpc) is 4.01. The lowest BCUT2D eigenvalue weighted by Gasteiger charge is -2.34. The zero-order valence-electron chi connectivity index (χ0n) is 40.3. The lowest BCUT2D eigenvalue weighted by Crippen LogP contribution is -2.48. The van der Waals surface area contributed by atoms with Crippen LogP contribution in [-0.4, -0.2) is 172 Å². The molecule has 0 atom stereocenters. The number of sulfonamides is 2. The van der Waals surface area contributed by atoms with Crippen molar-refractivity contribution in [1.29, 1.82) is 0 Å². The van der Waals surface area contributed by atoms with Crippen LogP contribution in [0.5, 0.6) is 0 Å². The molecular weight excluding hydrogens is 989 g/mol. The van der Waals surface area contributed by atoms with Crippen LogP contribution in [0.3, 0.4) is 0 Å². The number of aromatic nitrogens is 4. The predicted molar refractivity (Wildman–Crippen MR) is 280 cm³/mol. The van der Waals surface area contributed by atoms with Crippen LogP contribution in [0.25, 0.3) is 22.5 Å². The van der Waals surface area contributed by atoms with Gasteiger partial charge in [-0.1, -0.05) is 48.5 Å². The number of hydrogen-bond acceptors (Lipinski definition) is 17. The van der Waals surface area contributed by atoms with Crippen molar-refractivity contribution in [3.8, 4) is 22.5 Å². The third-order valence-electron chi connectivity index (χ3n) is 11.1. The van der Waals surface area contributed by atoms with Gasteiger partial charge in [0.15, 0.2) is 10.3 Å². The highest BCUT2D eigenvalue weighted by molar-refractivity contribution is 7.88. The Morgan fingerprint density at radius 3 is 1.27 bits per heavy atom. The van der Waals surface area contributed by atoms with Crippen molar-refractivity contribution in [2.75, 3.05) is 113 Å². The van der Waals surface area contributed by atoms with Crippen LogP contribution in [0, 0.1) is 0 Å². The molecule has 0 bridgehead atoms. The molecule has 0 saturated carbocycles. The summed E-state index contributed by atoms with van der Waals surface area (Å²) in [6.07, 6.45) is 5.75. The molecule has 0 aliphatic carbocycles. The van der Waals surface area contributed by atoms with Crippen molar-refractivity contribution < 1.29 is 36.3 Å². The molecule has 2 saturated heterocycles. The molecule has 6 aromatic rings. The van der Waals surface area contributed by atoms with Crippen molar-refractivity contribution in [2.24, 2.45) is 0 Å². The topological polar surface area (TPSA) is 235 Å². The molecule has 2 aliphatic heterocycles. The minimum absolute atomic E-state index is 0.250. The Bertz CT molecular complexity index is 2760. The zero-order chi connectivity index (χ0) is 51.3. The summed E-state index contributed by atoms with van der Waals surface area (Å²) in [6, 6.07) is 23.3. The Balaban J connectivity index is 0.000000220. The number of piperazine rings is 2. The van der Waals surface area contributed by atoms with Gasteiger partial charge in [0.25, 0.3) is 18.3 Å². The van der Waals surface area contributed by atoms with Crippen LogP contribution in [0.4, 0.5) is 21.6 Å². The SMILES string of the molecule is CN(C)Cc1ccccc1-c1csc(NC(=O)c2ccc(N3CCN(S(C)(=O)=O)CC3)cn2)n1.CN(C)Cc1ccccc1-c1csc(NC(=O)c2ccc(N3CCN(S(C)(=O)=O)CC3)cn2)n1.O=CO. The van der Waals surface area contributed by atoms with Crippen LogP contribution >= 0.6 is 22.7 Å². The maximum atomic E-state index is 12.7. The van der Waals surface area contributed by atoms with Gasteiger partial charge in [0.2, 0.25) is 20.0 Å². The molecule has 0 spiro atoms. The zero-order valence-corrected chi connectivity index (χ0v) is 43.6. The van der Waals surface area contributed by atoms with E-state index in [2.05, 4.69) is 62.3 Å². The first-order valence-corrected chi connectivity index (χ1v) is 27.7. The van der Waals surface area contributed by atoms with Crippen molar-refractivity contribution in [1.82, 2.24) is 38.3 Å². The maximum Gasteiger partial charge on any atom is 0.290 e. The number of carbonyl (C=O) groups excluding carboxylic acids is 2. The molecule has 6 heterocycles. The second-order valence-electron chi connectivity index (χ2n) is 17.0.